The Labute approximate surface area is 159 Å². The number of aromatic nitrogens is 2. The summed E-state index contributed by atoms with van der Waals surface area (Å²) in [5.74, 6) is -0.0105. The smallest absolute Gasteiger partial charge is 0.249 e. The molecule has 1 fully saturated rings. The molecule has 0 radical (unpaired) electrons. The van der Waals surface area contributed by atoms with Crippen molar-refractivity contribution >= 4 is 5.91 Å². The van der Waals surface area contributed by atoms with Gasteiger partial charge in [-0.1, -0.05) is 17.3 Å². The molecule has 28 heavy (non-hydrogen) atoms. The zero-order chi connectivity index (χ0) is 19.7. The van der Waals surface area contributed by atoms with Gasteiger partial charge < -0.3 is 14.2 Å². The molecule has 3 aromatic rings. The summed E-state index contributed by atoms with van der Waals surface area (Å²) in [6, 6.07) is 9.90. The van der Waals surface area contributed by atoms with Crippen LogP contribution in [0.4, 0.5) is 8.78 Å². The molecule has 2 aromatic carbocycles. The van der Waals surface area contributed by atoms with Crippen molar-refractivity contribution in [1.29, 1.82) is 0 Å². The van der Waals surface area contributed by atoms with Gasteiger partial charge in [-0.05, 0) is 36.8 Å². The SMILES string of the molecule is COc1cccc(-c2noc(C3CCC(=O)N3Cc3cc(F)ccc3F)n2)c1. The van der Waals surface area contributed by atoms with Crippen LogP contribution in [0.1, 0.15) is 30.3 Å². The average molecular weight is 385 g/mol. The minimum Gasteiger partial charge on any atom is -0.497 e. The molecule has 1 unspecified atom stereocenters. The Morgan fingerprint density at radius 1 is 1.25 bits per heavy atom. The third-order valence-corrected chi connectivity index (χ3v) is 4.73. The Hall–Kier alpha value is -3.29. The van der Waals surface area contributed by atoms with Crippen LogP contribution in [0.3, 0.4) is 0 Å². The third-order valence-electron chi connectivity index (χ3n) is 4.73. The average Bonchev–Trinajstić information content (AvgIpc) is 3.32. The maximum atomic E-state index is 14.0. The van der Waals surface area contributed by atoms with Crippen molar-refractivity contribution in [2.75, 3.05) is 7.11 Å². The molecule has 0 aliphatic carbocycles. The van der Waals surface area contributed by atoms with Gasteiger partial charge in [-0.15, -0.1) is 0 Å². The van der Waals surface area contributed by atoms with Crippen LogP contribution in [0.15, 0.2) is 47.0 Å². The monoisotopic (exact) mass is 385 g/mol. The second-order valence-corrected chi connectivity index (χ2v) is 6.50. The van der Waals surface area contributed by atoms with E-state index in [4.69, 9.17) is 9.26 Å². The molecule has 0 N–H and O–H groups in total. The number of halogens is 2. The molecular weight excluding hydrogens is 368 g/mol. The van der Waals surface area contributed by atoms with Crippen LogP contribution in [-0.4, -0.2) is 28.1 Å². The van der Waals surface area contributed by atoms with Gasteiger partial charge in [0.25, 0.3) is 0 Å². The van der Waals surface area contributed by atoms with Crippen LogP contribution in [0.25, 0.3) is 11.4 Å². The number of benzene rings is 2. The van der Waals surface area contributed by atoms with Gasteiger partial charge >= 0.3 is 0 Å². The highest BCUT2D eigenvalue weighted by atomic mass is 19.1. The summed E-state index contributed by atoms with van der Waals surface area (Å²) in [5.41, 5.74) is 0.814. The van der Waals surface area contributed by atoms with E-state index < -0.39 is 17.7 Å². The van der Waals surface area contributed by atoms with E-state index in [0.717, 1.165) is 18.2 Å². The van der Waals surface area contributed by atoms with Crippen molar-refractivity contribution in [2.24, 2.45) is 0 Å². The summed E-state index contributed by atoms with van der Waals surface area (Å²) in [6.07, 6.45) is 0.744. The van der Waals surface area contributed by atoms with Crippen LogP contribution in [-0.2, 0) is 11.3 Å². The zero-order valence-electron chi connectivity index (χ0n) is 15.1. The Kier molecular flexibility index (Phi) is 4.77. The predicted octanol–water partition coefficient (Wildman–Crippen LogP) is 3.89. The second kappa shape index (κ2) is 7.38. The van der Waals surface area contributed by atoms with Gasteiger partial charge in [-0.2, -0.15) is 4.98 Å². The summed E-state index contributed by atoms with van der Waals surface area (Å²) >= 11 is 0. The van der Waals surface area contributed by atoms with Gasteiger partial charge in [0.2, 0.25) is 17.6 Å². The minimum absolute atomic E-state index is 0.0655. The largest absolute Gasteiger partial charge is 0.497 e. The van der Waals surface area contributed by atoms with Gasteiger partial charge in [-0.3, -0.25) is 4.79 Å². The summed E-state index contributed by atoms with van der Waals surface area (Å²) in [6.45, 7) is -0.0655. The number of nitrogens with zero attached hydrogens (tertiary/aromatic N) is 3. The maximum absolute atomic E-state index is 14.0. The number of likely N-dealkylation sites (tertiary alicyclic amines) is 1. The number of amides is 1. The maximum Gasteiger partial charge on any atom is 0.249 e. The topological polar surface area (TPSA) is 68.5 Å². The molecule has 1 saturated heterocycles. The van der Waals surface area contributed by atoms with Crippen LogP contribution >= 0.6 is 0 Å². The number of methoxy groups -OCH3 is 1. The van der Waals surface area contributed by atoms with Crippen molar-refractivity contribution < 1.29 is 22.8 Å². The molecular formula is C20H17F2N3O3. The molecule has 1 aliphatic rings. The van der Waals surface area contributed by atoms with Gasteiger partial charge in [0.15, 0.2) is 0 Å². The Morgan fingerprint density at radius 2 is 2.11 bits per heavy atom. The van der Waals surface area contributed by atoms with Crippen LogP contribution in [0.5, 0.6) is 5.75 Å². The van der Waals surface area contributed by atoms with E-state index in [0.29, 0.717) is 23.6 Å². The molecule has 144 valence electrons. The molecule has 4 rings (SSSR count). The predicted molar refractivity (Wildman–Crippen MR) is 95.2 cm³/mol. The van der Waals surface area contributed by atoms with Gasteiger partial charge in [0, 0.05) is 24.1 Å². The molecule has 1 aliphatic heterocycles. The van der Waals surface area contributed by atoms with Crippen LogP contribution < -0.4 is 4.74 Å². The summed E-state index contributed by atoms with van der Waals surface area (Å²) in [4.78, 5) is 18.2. The van der Waals surface area contributed by atoms with Crippen molar-refractivity contribution in [3.8, 4) is 17.1 Å². The van der Waals surface area contributed by atoms with Crippen molar-refractivity contribution in [3.05, 3.63) is 65.6 Å². The van der Waals surface area contributed by atoms with Crippen molar-refractivity contribution in [2.45, 2.75) is 25.4 Å². The second-order valence-electron chi connectivity index (χ2n) is 6.50. The first-order chi connectivity index (χ1) is 13.5. The first-order valence-corrected chi connectivity index (χ1v) is 8.76. The quantitative estimate of drug-likeness (QED) is 0.667. The first kappa shape index (κ1) is 18.1. The van der Waals surface area contributed by atoms with Crippen molar-refractivity contribution in [3.63, 3.8) is 0 Å². The Balaban J connectivity index is 1.60. The third kappa shape index (κ3) is 3.45. The van der Waals surface area contributed by atoms with E-state index in [1.165, 1.54) is 4.90 Å². The zero-order valence-corrected chi connectivity index (χ0v) is 15.1. The first-order valence-electron chi connectivity index (χ1n) is 8.76. The van der Waals surface area contributed by atoms with E-state index in [1.54, 1.807) is 19.2 Å². The molecule has 0 saturated carbocycles. The molecule has 6 nitrogen and oxygen atoms in total. The fraction of sp³-hybridized carbons (Fsp3) is 0.250. The summed E-state index contributed by atoms with van der Waals surface area (Å²) in [5, 5.41) is 3.99. The lowest BCUT2D eigenvalue weighted by Gasteiger charge is -2.22. The van der Waals surface area contributed by atoms with Gasteiger partial charge in [-0.25, -0.2) is 8.78 Å². The lowest BCUT2D eigenvalue weighted by atomic mass is 10.1. The molecule has 2 heterocycles. The number of hydrogen-bond acceptors (Lipinski definition) is 5. The minimum atomic E-state index is -0.567. The van der Waals surface area contributed by atoms with Gasteiger partial charge in [0.05, 0.1) is 7.11 Å². The molecule has 8 heteroatoms. The Morgan fingerprint density at radius 3 is 2.93 bits per heavy atom. The lowest BCUT2D eigenvalue weighted by Crippen LogP contribution is -2.27. The highest BCUT2D eigenvalue weighted by Gasteiger charge is 2.36. The van der Waals surface area contributed by atoms with Crippen LogP contribution in [0, 0.1) is 11.6 Å². The van der Waals surface area contributed by atoms with E-state index in [-0.39, 0.29) is 30.3 Å². The van der Waals surface area contributed by atoms with E-state index in [2.05, 4.69) is 10.1 Å². The number of carbonyl (C=O) groups is 1. The normalized spacial score (nSPS) is 16.6. The summed E-state index contributed by atoms with van der Waals surface area (Å²) < 4.78 is 38.1. The van der Waals surface area contributed by atoms with Gasteiger partial charge in [0.1, 0.15) is 23.4 Å². The highest BCUT2D eigenvalue weighted by molar-refractivity contribution is 5.78. The van der Waals surface area contributed by atoms with E-state index in [9.17, 15) is 13.6 Å². The molecule has 0 bridgehead atoms. The fourth-order valence-corrected chi connectivity index (χ4v) is 3.29. The standard InChI is InChI=1S/C20H17F2N3O3/c1-27-15-4-2-3-12(10-15)19-23-20(28-24-19)17-7-8-18(26)25(17)11-13-9-14(21)5-6-16(13)22/h2-6,9-10,17H,7-8,11H2,1H3. The fourth-order valence-electron chi connectivity index (χ4n) is 3.29. The summed E-state index contributed by atoms with van der Waals surface area (Å²) in [7, 11) is 1.56. The number of hydrogen-bond donors (Lipinski definition) is 0. The Bertz CT molecular complexity index is 1020. The molecule has 1 atom stereocenters. The van der Waals surface area contributed by atoms with Crippen LogP contribution in [0.2, 0.25) is 0 Å². The molecule has 1 aromatic heterocycles. The highest BCUT2D eigenvalue weighted by Crippen LogP contribution is 2.34. The molecule has 0 spiro atoms. The van der Waals surface area contributed by atoms with Crippen molar-refractivity contribution in [1.82, 2.24) is 15.0 Å². The number of ether oxygens (including phenoxy) is 1. The lowest BCUT2D eigenvalue weighted by molar-refractivity contribution is -0.130. The number of rotatable bonds is 5. The number of carbonyl (C=O) groups excluding carboxylic acids is 1. The van der Waals surface area contributed by atoms with E-state index in [1.807, 2.05) is 12.1 Å². The van der Waals surface area contributed by atoms with E-state index >= 15 is 0 Å². The molecule has 1 amide bonds.